The van der Waals surface area contributed by atoms with E-state index < -0.39 is 33.3 Å². The van der Waals surface area contributed by atoms with E-state index in [0.717, 1.165) is 12.8 Å². The van der Waals surface area contributed by atoms with Gasteiger partial charge in [-0.1, -0.05) is 0 Å². The molecule has 0 radical (unpaired) electrons. The average molecular weight is 346 g/mol. The Morgan fingerprint density at radius 1 is 0.857 bits per heavy atom. The molecule has 0 aliphatic carbocycles. The molecule has 0 atom stereocenters. The van der Waals surface area contributed by atoms with Gasteiger partial charge in [0.05, 0.1) is 0 Å². The summed E-state index contributed by atoms with van der Waals surface area (Å²) in [5.41, 5.74) is 0. The maximum absolute atomic E-state index is 10.3. The van der Waals surface area contributed by atoms with Gasteiger partial charge in [-0.25, -0.2) is 0 Å². The Kier molecular flexibility index (Phi) is 13.0. The first-order valence-electron chi connectivity index (χ1n) is 5.71. The number of unbranched alkanes of at least 4 members (excludes halogenated alkanes) is 8. The fraction of sp³-hybridized carbons (Fsp3) is 1.00. The zero-order chi connectivity index (χ0) is 10.6. The van der Waals surface area contributed by atoms with Crippen LogP contribution < -0.4 is 1.71 Å². The Morgan fingerprint density at radius 2 is 1.29 bits per heavy atom. The Morgan fingerprint density at radius 3 is 1.71 bits per heavy atom. The standard InChI is InChI=1S/C11H23.2O.Tb/c1-3-5-7-9-11-10-8-6-4-2;;;/h1,3-11H2,2H3;;;/q;;-1;. The summed E-state index contributed by atoms with van der Waals surface area (Å²) in [5, 5.41) is 0. The van der Waals surface area contributed by atoms with Crippen LogP contribution in [0.25, 0.3) is 0 Å². The molecule has 0 rings (SSSR count). The molecule has 0 aromatic heterocycles. The Bertz CT molecular complexity index is 137. The molecule has 0 saturated carbocycles. The fourth-order valence-electron chi connectivity index (χ4n) is 1.49. The summed E-state index contributed by atoms with van der Waals surface area (Å²) in [6, 6.07) is 0. The molecule has 0 N–H and O–H groups in total. The molecular weight excluding hydrogens is 323 g/mol. The topological polar surface area (TPSA) is 40.1 Å². The van der Waals surface area contributed by atoms with Crippen LogP contribution in [-0.4, -0.2) is 0 Å². The van der Waals surface area contributed by atoms with Crippen molar-refractivity contribution in [1.29, 1.82) is 0 Å². The van der Waals surface area contributed by atoms with Crippen LogP contribution in [0.3, 0.4) is 0 Å². The Labute approximate surface area is 103 Å². The molecule has 0 bridgehead atoms. The summed E-state index contributed by atoms with van der Waals surface area (Å²) in [7, 11) is 0. The number of hydrogen-bond donors (Lipinski definition) is 0. The molecule has 0 aromatic rings. The monoisotopic (exact) mass is 346 g/mol. The summed E-state index contributed by atoms with van der Waals surface area (Å²) in [6.07, 6.45) is 11.2. The van der Waals surface area contributed by atoms with Gasteiger partial charge in [0.1, 0.15) is 0 Å². The molecule has 0 saturated heterocycles. The van der Waals surface area contributed by atoms with Crippen LogP contribution in [0.1, 0.15) is 64.7 Å². The molecule has 0 aliphatic rings. The van der Waals surface area contributed by atoms with Crippen LogP contribution >= 0.6 is 0 Å². The second-order valence-corrected chi connectivity index (χ2v) is 6.40. The second kappa shape index (κ2) is 12.1. The Hall–Kier alpha value is 1.05. The molecule has 14 heavy (non-hydrogen) atoms. The number of hydrogen-bond acceptors (Lipinski definition) is 2. The van der Waals surface area contributed by atoms with E-state index in [4.69, 9.17) is 0 Å². The van der Waals surface area contributed by atoms with E-state index in [-0.39, 0.29) is 0 Å². The van der Waals surface area contributed by atoms with Gasteiger partial charge in [0.15, 0.2) is 0 Å². The van der Waals surface area contributed by atoms with Gasteiger partial charge in [-0.3, -0.25) is 0 Å². The van der Waals surface area contributed by atoms with Crippen LogP contribution in [0.15, 0.2) is 0 Å². The van der Waals surface area contributed by atoms with Crippen molar-refractivity contribution in [2.24, 2.45) is 0 Å². The van der Waals surface area contributed by atoms with Crippen LogP contribution in [0, 0.1) is 33.3 Å². The third-order valence-electron chi connectivity index (χ3n) is 2.36. The van der Waals surface area contributed by atoms with Crippen molar-refractivity contribution >= 4 is 0 Å². The van der Waals surface area contributed by atoms with Gasteiger partial charge in [-0.15, -0.1) is 0 Å². The molecule has 0 heterocycles. The molecule has 89 valence electrons. The summed E-state index contributed by atoms with van der Waals surface area (Å²) in [5.74, 6) is 0. The zero-order valence-electron chi connectivity index (χ0n) is 9.22. The van der Waals surface area contributed by atoms with Crippen molar-refractivity contribution in [3.05, 3.63) is 0 Å². The van der Waals surface area contributed by atoms with Crippen LogP contribution in [0.4, 0.5) is 0 Å². The zero-order valence-corrected chi connectivity index (χ0v) is 11.4. The third-order valence-corrected chi connectivity index (χ3v) is 3.99. The van der Waals surface area contributed by atoms with Crippen LogP contribution in [0.2, 0.25) is 2.39 Å². The van der Waals surface area contributed by atoms with Gasteiger partial charge >= 0.3 is 103 Å². The minimum absolute atomic E-state index is 0.482. The van der Waals surface area contributed by atoms with E-state index in [1.54, 1.807) is 0 Å². The quantitative estimate of drug-likeness (QED) is 0.570. The van der Waals surface area contributed by atoms with E-state index >= 15 is 0 Å². The first-order chi connectivity index (χ1) is 6.77. The molecule has 0 unspecified atom stereocenters. The second-order valence-electron chi connectivity index (χ2n) is 3.74. The molecule has 0 fully saturated rings. The van der Waals surface area contributed by atoms with Crippen LogP contribution in [-0.2, 0) is 1.33 Å². The SMILES string of the molecule is CCCCCCCCCC[CH2][Tb](=[O])[O-]. The molecule has 2 nitrogen and oxygen atoms in total. The van der Waals surface area contributed by atoms with Crippen molar-refractivity contribution in [2.75, 3.05) is 0 Å². The molecule has 3 heteroatoms. The Balaban J connectivity index is 2.88. The third kappa shape index (κ3) is 13.0. The van der Waals surface area contributed by atoms with Crippen molar-refractivity contribution < 1.29 is 36.4 Å². The molecule has 0 aromatic carbocycles. The van der Waals surface area contributed by atoms with E-state index in [9.17, 15) is 3.03 Å². The van der Waals surface area contributed by atoms with E-state index in [2.05, 4.69) is 6.92 Å². The average Bonchev–Trinajstić information content (AvgIpc) is 2.15. The van der Waals surface area contributed by atoms with Gasteiger partial charge in [0.2, 0.25) is 0 Å². The molecule has 0 aliphatic heterocycles. The van der Waals surface area contributed by atoms with Crippen molar-refractivity contribution in [3.63, 3.8) is 0 Å². The van der Waals surface area contributed by atoms with Gasteiger partial charge in [0, 0.05) is 0 Å². The van der Waals surface area contributed by atoms with Gasteiger partial charge < -0.3 is 0 Å². The van der Waals surface area contributed by atoms with Gasteiger partial charge in [-0.05, 0) is 0 Å². The summed E-state index contributed by atoms with van der Waals surface area (Å²) >= 11 is -2.97. The van der Waals surface area contributed by atoms with E-state index in [1.807, 2.05) is 0 Å². The van der Waals surface area contributed by atoms with Gasteiger partial charge in [0.25, 0.3) is 0 Å². The first-order valence-corrected chi connectivity index (χ1v) is 8.97. The normalized spacial score (nSPS) is 11.7. The molecule has 0 spiro atoms. The molecular formula is C11H23O2Tb-. The van der Waals surface area contributed by atoms with Crippen molar-refractivity contribution in [1.82, 2.24) is 0 Å². The van der Waals surface area contributed by atoms with E-state index in [0.29, 0.717) is 2.39 Å². The van der Waals surface area contributed by atoms with Crippen molar-refractivity contribution in [2.45, 2.75) is 67.1 Å². The van der Waals surface area contributed by atoms with Gasteiger partial charge in [-0.2, -0.15) is 0 Å². The summed E-state index contributed by atoms with van der Waals surface area (Å²) in [6.45, 7) is 2.23. The summed E-state index contributed by atoms with van der Waals surface area (Å²) < 4.78 is 21.2. The minimum atomic E-state index is -2.97. The number of rotatable bonds is 10. The first kappa shape index (κ1) is 15.0. The van der Waals surface area contributed by atoms with E-state index in [1.165, 1.54) is 44.9 Å². The summed E-state index contributed by atoms with van der Waals surface area (Å²) in [4.78, 5) is 0. The molecule has 0 amide bonds. The predicted molar refractivity (Wildman–Crippen MR) is 52.7 cm³/mol. The maximum atomic E-state index is 10.3. The predicted octanol–water partition coefficient (Wildman–Crippen LogP) is 3.18. The van der Waals surface area contributed by atoms with Crippen LogP contribution in [0.5, 0.6) is 0 Å². The van der Waals surface area contributed by atoms with Crippen molar-refractivity contribution in [3.8, 4) is 0 Å². The fourth-order valence-corrected chi connectivity index (χ4v) is 2.64.